The Bertz CT molecular complexity index is 334. The maximum absolute atomic E-state index is 11.9. The quantitative estimate of drug-likeness (QED) is 0.233. The minimum Gasteiger partial charge on any atom is -0.280 e. The van der Waals surface area contributed by atoms with E-state index in [0.29, 0.717) is 18.2 Å². The molecule has 0 saturated carbocycles. The van der Waals surface area contributed by atoms with Crippen LogP contribution in [0.1, 0.15) is 38.5 Å². The Morgan fingerprint density at radius 1 is 0.750 bits per heavy atom. The number of alkyl halides is 2. The zero-order valence-corrected chi connectivity index (χ0v) is 15.4. The summed E-state index contributed by atoms with van der Waals surface area (Å²) < 4.78 is 0. The van der Waals surface area contributed by atoms with Gasteiger partial charge >= 0.3 is 11.8 Å². The lowest BCUT2D eigenvalue weighted by Crippen LogP contribution is -2.34. The van der Waals surface area contributed by atoms with E-state index in [1.54, 1.807) is 0 Å². The first-order valence-corrected chi connectivity index (χ1v) is 9.57. The van der Waals surface area contributed by atoms with Gasteiger partial charge in [-0.15, -0.1) is 0 Å². The molecule has 0 aromatic rings. The van der Waals surface area contributed by atoms with E-state index in [1.165, 1.54) is 9.80 Å². The highest BCUT2D eigenvalue weighted by molar-refractivity contribution is 9.09. The van der Waals surface area contributed by atoms with Crippen LogP contribution >= 0.6 is 44.1 Å². The van der Waals surface area contributed by atoms with E-state index in [-0.39, 0.29) is 0 Å². The Balaban J connectivity index is 2.43. The molecule has 1 rings (SSSR count). The second kappa shape index (κ2) is 9.84. The fourth-order valence-corrected chi connectivity index (χ4v) is 3.17. The van der Waals surface area contributed by atoms with Crippen LogP contribution in [0.5, 0.6) is 0 Å². The van der Waals surface area contributed by atoms with Crippen molar-refractivity contribution < 1.29 is 9.59 Å². The second-order valence-corrected chi connectivity index (χ2v) is 6.65. The van der Waals surface area contributed by atoms with Crippen molar-refractivity contribution in [2.24, 2.45) is 0 Å². The van der Waals surface area contributed by atoms with Crippen LogP contribution in [0.15, 0.2) is 0 Å². The molecule has 0 radical (unpaired) electrons. The standard InChI is InChI=1S/C13H20Br2N2O2S/c14-7-3-1-5-9-16-11(18)12(19)17(13(16)20)10-6-2-4-8-15/h1-10H2. The molecular weight excluding hydrogens is 408 g/mol. The SMILES string of the molecule is O=C1C(=O)N(CCCCCBr)C(=S)N1CCCCCBr. The summed E-state index contributed by atoms with van der Waals surface area (Å²) in [5.74, 6) is -0.927. The van der Waals surface area contributed by atoms with Gasteiger partial charge in [-0.25, -0.2) is 0 Å². The predicted octanol–water partition coefficient (Wildman–Crippen LogP) is 3.07. The summed E-state index contributed by atoms with van der Waals surface area (Å²) in [6.07, 6.45) is 5.94. The summed E-state index contributed by atoms with van der Waals surface area (Å²) in [5, 5.41) is 2.31. The van der Waals surface area contributed by atoms with E-state index in [0.717, 1.165) is 49.2 Å². The highest BCUT2D eigenvalue weighted by Crippen LogP contribution is 2.15. The van der Waals surface area contributed by atoms with Gasteiger partial charge in [0.05, 0.1) is 0 Å². The fraction of sp³-hybridized carbons (Fsp3) is 0.769. The number of unbranched alkanes of at least 4 members (excludes halogenated alkanes) is 4. The molecule has 0 aromatic heterocycles. The van der Waals surface area contributed by atoms with Crippen LogP contribution in [0.4, 0.5) is 0 Å². The van der Waals surface area contributed by atoms with E-state index < -0.39 is 11.8 Å². The molecule has 0 unspecified atom stereocenters. The number of amides is 2. The molecule has 2 amide bonds. The van der Waals surface area contributed by atoms with Crippen LogP contribution in [0.3, 0.4) is 0 Å². The fourth-order valence-electron chi connectivity index (χ4n) is 2.03. The Morgan fingerprint density at radius 2 is 1.15 bits per heavy atom. The number of hydrogen-bond donors (Lipinski definition) is 0. The van der Waals surface area contributed by atoms with Gasteiger partial charge in [-0.3, -0.25) is 19.4 Å². The van der Waals surface area contributed by atoms with Crippen molar-refractivity contribution in [2.45, 2.75) is 38.5 Å². The van der Waals surface area contributed by atoms with Crippen LogP contribution in [0.25, 0.3) is 0 Å². The molecule has 7 heteroatoms. The van der Waals surface area contributed by atoms with Crippen LogP contribution < -0.4 is 0 Å². The summed E-state index contributed by atoms with van der Waals surface area (Å²) in [7, 11) is 0. The van der Waals surface area contributed by atoms with Crippen LogP contribution in [-0.2, 0) is 9.59 Å². The third-order valence-corrected chi connectivity index (χ3v) is 4.73. The highest BCUT2D eigenvalue weighted by atomic mass is 79.9. The second-order valence-electron chi connectivity index (χ2n) is 4.70. The van der Waals surface area contributed by atoms with Gasteiger partial charge < -0.3 is 0 Å². The number of nitrogens with zero attached hydrogens (tertiary/aromatic N) is 2. The van der Waals surface area contributed by atoms with Crippen LogP contribution in [0, 0.1) is 0 Å². The predicted molar refractivity (Wildman–Crippen MR) is 91.3 cm³/mol. The van der Waals surface area contributed by atoms with Crippen molar-refractivity contribution in [2.75, 3.05) is 23.7 Å². The zero-order valence-electron chi connectivity index (χ0n) is 11.4. The molecule has 0 bridgehead atoms. The summed E-state index contributed by atoms with van der Waals surface area (Å²) >= 11 is 12.0. The van der Waals surface area contributed by atoms with Gasteiger partial charge in [0.1, 0.15) is 0 Å². The number of halogens is 2. The van der Waals surface area contributed by atoms with Crippen molar-refractivity contribution in [3.63, 3.8) is 0 Å². The third kappa shape index (κ3) is 5.07. The zero-order chi connectivity index (χ0) is 15.0. The molecule has 4 nitrogen and oxygen atoms in total. The lowest BCUT2D eigenvalue weighted by atomic mass is 10.2. The van der Waals surface area contributed by atoms with E-state index >= 15 is 0 Å². The molecule has 1 fully saturated rings. The monoisotopic (exact) mass is 426 g/mol. The molecule has 0 spiro atoms. The first-order chi connectivity index (χ1) is 9.63. The van der Waals surface area contributed by atoms with E-state index in [9.17, 15) is 9.59 Å². The lowest BCUT2D eigenvalue weighted by Gasteiger charge is -2.18. The van der Waals surface area contributed by atoms with E-state index in [4.69, 9.17) is 12.2 Å². The Kier molecular flexibility index (Phi) is 8.88. The normalized spacial score (nSPS) is 15.6. The van der Waals surface area contributed by atoms with Gasteiger partial charge in [-0.1, -0.05) is 44.7 Å². The molecule has 0 atom stereocenters. The number of carbonyl (C=O) groups is 2. The molecule has 0 aromatic carbocycles. The molecule has 1 heterocycles. The molecular formula is C13H20Br2N2O2S. The molecule has 20 heavy (non-hydrogen) atoms. The van der Waals surface area contributed by atoms with E-state index in [2.05, 4.69) is 31.9 Å². The molecule has 1 saturated heterocycles. The van der Waals surface area contributed by atoms with Crippen LogP contribution in [0.2, 0.25) is 0 Å². The molecule has 1 aliphatic heterocycles. The Hall–Kier alpha value is -0.0100. The molecule has 114 valence electrons. The van der Waals surface area contributed by atoms with Crippen molar-refractivity contribution in [1.29, 1.82) is 0 Å². The van der Waals surface area contributed by atoms with Crippen molar-refractivity contribution in [3.8, 4) is 0 Å². The van der Waals surface area contributed by atoms with Gasteiger partial charge in [-0.2, -0.15) is 0 Å². The Morgan fingerprint density at radius 3 is 1.50 bits per heavy atom. The molecule has 0 aliphatic carbocycles. The van der Waals surface area contributed by atoms with Gasteiger partial charge in [-0.05, 0) is 37.9 Å². The number of hydrogen-bond acceptors (Lipinski definition) is 3. The van der Waals surface area contributed by atoms with Gasteiger partial charge in [0.25, 0.3) is 0 Å². The van der Waals surface area contributed by atoms with Gasteiger partial charge in [0.2, 0.25) is 0 Å². The number of thiocarbonyl (C=S) groups is 1. The van der Waals surface area contributed by atoms with Crippen LogP contribution in [-0.4, -0.2) is 50.5 Å². The minimum atomic E-state index is -0.464. The number of carbonyl (C=O) groups excluding carboxylic acids is 2. The summed E-state index contributed by atoms with van der Waals surface area (Å²) in [6, 6.07) is 0. The summed E-state index contributed by atoms with van der Waals surface area (Å²) in [4.78, 5) is 26.7. The average molecular weight is 428 g/mol. The first kappa shape index (κ1) is 18.0. The lowest BCUT2D eigenvalue weighted by molar-refractivity contribution is -0.143. The summed E-state index contributed by atoms with van der Waals surface area (Å²) in [6.45, 7) is 1.10. The van der Waals surface area contributed by atoms with Crippen molar-refractivity contribution >= 4 is 61.0 Å². The van der Waals surface area contributed by atoms with Gasteiger partial charge in [0.15, 0.2) is 5.11 Å². The number of rotatable bonds is 10. The largest absolute Gasteiger partial charge is 0.318 e. The smallest absolute Gasteiger partial charge is 0.280 e. The maximum Gasteiger partial charge on any atom is 0.318 e. The topological polar surface area (TPSA) is 40.6 Å². The molecule has 1 aliphatic rings. The van der Waals surface area contributed by atoms with E-state index in [1.807, 2.05) is 0 Å². The molecule has 0 N–H and O–H groups in total. The maximum atomic E-state index is 11.9. The third-order valence-electron chi connectivity index (χ3n) is 3.17. The minimum absolute atomic E-state index is 0.387. The van der Waals surface area contributed by atoms with Crippen molar-refractivity contribution in [3.05, 3.63) is 0 Å². The summed E-state index contributed by atoms with van der Waals surface area (Å²) in [5.41, 5.74) is 0. The van der Waals surface area contributed by atoms with Gasteiger partial charge in [0, 0.05) is 23.7 Å². The highest BCUT2D eigenvalue weighted by Gasteiger charge is 2.40. The van der Waals surface area contributed by atoms with Crippen molar-refractivity contribution in [1.82, 2.24) is 9.80 Å². The Labute approximate surface area is 142 Å². The first-order valence-electron chi connectivity index (χ1n) is 6.92. The average Bonchev–Trinajstić information content (AvgIpc) is 2.64.